The molecule has 2 aromatic carbocycles. The fourth-order valence-electron chi connectivity index (χ4n) is 2.37. The molecule has 0 radical (unpaired) electrons. The summed E-state index contributed by atoms with van der Waals surface area (Å²) in [5.74, 6) is -1.27. The number of carbonyl (C=O) groups is 2. The third-order valence-electron chi connectivity index (χ3n) is 3.98. The van der Waals surface area contributed by atoms with Crippen molar-refractivity contribution < 1.29 is 9.59 Å². The highest BCUT2D eigenvalue weighted by Crippen LogP contribution is 2.12. The Morgan fingerprint density at radius 2 is 1.48 bits per heavy atom. The third-order valence-corrected chi connectivity index (χ3v) is 3.98. The molecule has 0 saturated heterocycles. The van der Waals surface area contributed by atoms with Crippen LogP contribution in [0.1, 0.15) is 18.1 Å². The first-order chi connectivity index (χ1) is 12.0. The highest BCUT2D eigenvalue weighted by atomic mass is 16.2. The van der Waals surface area contributed by atoms with E-state index in [9.17, 15) is 9.59 Å². The molecule has 0 saturated carbocycles. The van der Waals surface area contributed by atoms with Crippen molar-refractivity contribution in [1.29, 1.82) is 0 Å². The maximum Gasteiger partial charge on any atom is 0.313 e. The van der Waals surface area contributed by atoms with Gasteiger partial charge in [-0.1, -0.05) is 31.2 Å². The molecule has 5 nitrogen and oxygen atoms in total. The van der Waals surface area contributed by atoms with Gasteiger partial charge in [-0.25, -0.2) is 0 Å². The smallest absolute Gasteiger partial charge is 0.313 e. The number of nitrogens with zero attached hydrogens (tertiary/aromatic N) is 1. The largest absolute Gasteiger partial charge is 0.378 e. The maximum atomic E-state index is 11.9. The number of anilines is 2. The Kier molecular flexibility index (Phi) is 6.57. The van der Waals surface area contributed by atoms with Gasteiger partial charge in [0.15, 0.2) is 0 Å². The summed E-state index contributed by atoms with van der Waals surface area (Å²) in [4.78, 5) is 25.8. The van der Waals surface area contributed by atoms with Gasteiger partial charge < -0.3 is 15.5 Å². The lowest BCUT2D eigenvalue weighted by Crippen LogP contribution is -2.36. The van der Waals surface area contributed by atoms with Crippen LogP contribution in [0.4, 0.5) is 11.4 Å². The van der Waals surface area contributed by atoms with Gasteiger partial charge in [0.1, 0.15) is 0 Å². The first-order valence-electron chi connectivity index (χ1n) is 8.44. The molecule has 0 spiro atoms. The van der Waals surface area contributed by atoms with Crippen molar-refractivity contribution in [2.45, 2.75) is 19.8 Å². The molecule has 0 heterocycles. The SMILES string of the molecule is CCc1ccc(NC(=O)C(=O)NCCc2ccc(N(C)C)cc2)cc1. The van der Waals surface area contributed by atoms with Crippen LogP contribution in [0.3, 0.4) is 0 Å². The van der Waals surface area contributed by atoms with Crippen LogP contribution in [-0.4, -0.2) is 32.5 Å². The van der Waals surface area contributed by atoms with E-state index in [1.165, 1.54) is 5.56 Å². The van der Waals surface area contributed by atoms with E-state index in [0.717, 1.165) is 17.7 Å². The first kappa shape index (κ1) is 18.5. The van der Waals surface area contributed by atoms with Crippen LogP contribution in [0.2, 0.25) is 0 Å². The molecular weight excluding hydrogens is 314 g/mol. The molecule has 2 aromatic rings. The van der Waals surface area contributed by atoms with E-state index in [-0.39, 0.29) is 0 Å². The van der Waals surface area contributed by atoms with Gasteiger partial charge in [-0.3, -0.25) is 9.59 Å². The Balaban J connectivity index is 1.77. The topological polar surface area (TPSA) is 61.4 Å². The minimum Gasteiger partial charge on any atom is -0.378 e. The first-order valence-corrected chi connectivity index (χ1v) is 8.44. The second kappa shape index (κ2) is 8.87. The molecule has 0 aromatic heterocycles. The fourth-order valence-corrected chi connectivity index (χ4v) is 2.37. The number of rotatable bonds is 6. The lowest BCUT2D eigenvalue weighted by Gasteiger charge is -2.12. The number of nitrogens with one attached hydrogen (secondary N) is 2. The molecular formula is C20H25N3O2. The van der Waals surface area contributed by atoms with E-state index >= 15 is 0 Å². The summed E-state index contributed by atoms with van der Waals surface area (Å²) in [5, 5.41) is 5.25. The van der Waals surface area contributed by atoms with Crippen molar-refractivity contribution in [3.8, 4) is 0 Å². The van der Waals surface area contributed by atoms with E-state index in [1.54, 1.807) is 12.1 Å². The maximum absolute atomic E-state index is 11.9. The molecule has 25 heavy (non-hydrogen) atoms. The number of carbonyl (C=O) groups excluding carboxylic acids is 2. The van der Waals surface area contributed by atoms with E-state index in [2.05, 4.69) is 17.6 Å². The molecule has 0 aliphatic heterocycles. The minimum atomic E-state index is -0.646. The van der Waals surface area contributed by atoms with Crippen LogP contribution >= 0.6 is 0 Å². The van der Waals surface area contributed by atoms with Crippen molar-refractivity contribution >= 4 is 23.2 Å². The Labute approximate surface area is 149 Å². The molecule has 0 fully saturated rings. The zero-order valence-corrected chi connectivity index (χ0v) is 15.0. The summed E-state index contributed by atoms with van der Waals surface area (Å²) in [6.07, 6.45) is 1.61. The lowest BCUT2D eigenvalue weighted by atomic mass is 10.1. The third kappa shape index (κ3) is 5.64. The van der Waals surface area contributed by atoms with Crippen LogP contribution in [-0.2, 0) is 22.4 Å². The van der Waals surface area contributed by atoms with E-state index in [4.69, 9.17) is 0 Å². The van der Waals surface area contributed by atoms with Crippen molar-refractivity contribution in [1.82, 2.24) is 5.32 Å². The molecule has 5 heteroatoms. The number of aryl methyl sites for hydroxylation is 1. The molecule has 2 N–H and O–H groups in total. The van der Waals surface area contributed by atoms with Crippen LogP contribution < -0.4 is 15.5 Å². The summed E-state index contributed by atoms with van der Waals surface area (Å²) < 4.78 is 0. The quantitative estimate of drug-likeness (QED) is 0.795. The Bertz CT molecular complexity index is 707. The van der Waals surface area contributed by atoms with Crippen molar-refractivity contribution in [2.24, 2.45) is 0 Å². The summed E-state index contributed by atoms with van der Waals surface area (Å²) in [6.45, 7) is 2.48. The molecule has 2 amide bonds. The monoisotopic (exact) mass is 339 g/mol. The van der Waals surface area contributed by atoms with Crippen LogP contribution in [0.15, 0.2) is 48.5 Å². The Hall–Kier alpha value is -2.82. The number of amides is 2. The Morgan fingerprint density at radius 3 is 2.04 bits per heavy atom. The lowest BCUT2D eigenvalue weighted by molar-refractivity contribution is -0.136. The predicted octanol–water partition coefficient (Wildman–Crippen LogP) is 2.61. The predicted molar refractivity (Wildman–Crippen MR) is 102 cm³/mol. The van der Waals surface area contributed by atoms with Crippen molar-refractivity contribution in [3.63, 3.8) is 0 Å². The van der Waals surface area contributed by atoms with E-state index in [0.29, 0.717) is 18.7 Å². The average Bonchev–Trinajstić information content (AvgIpc) is 2.62. The van der Waals surface area contributed by atoms with Crippen LogP contribution in [0.5, 0.6) is 0 Å². The number of hydrogen-bond donors (Lipinski definition) is 2. The van der Waals surface area contributed by atoms with Gasteiger partial charge in [-0.15, -0.1) is 0 Å². The molecule has 0 bridgehead atoms. The van der Waals surface area contributed by atoms with Crippen molar-refractivity contribution in [3.05, 3.63) is 59.7 Å². The molecule has 0 atom stereocenters. The molecule has 0 aliphatic rings. The van der Waals surface area contributed by atoms with Gasteiger partial charge in [0.25, 0.3) is 0 Å². The molecule has 132 valence electrons. The molecule has 0 aliphatic carbocycles. The van der Waals surface area contributed by atoms with Gasteiger partial charge in [0.2, 0.25) is 0 Å². The average molecular weight is 339 g/mol. The highest BCUT2D eigenvalue weighted by molar-refractivity contribution is 6.39. The van der Waals surface area contributed by atoms with Gasteiger partial charge in [-0.05, 0) is 48.2 Å². The summed E-state index contributed by atoms with van der Waals surface area (Å²) in [6, 6.07) is 15.6. The molecule has 0 unspecified atom stereocenters. The normalized spacial score (nSPS) is 10.2. The van der Waals surface area contributed by atoms with E-state index < -0.39 is 11.8 Å². The number of hydrogen-bond acceptors (Lipinski definition) is 3. The van der Waals surface area contributed by atoms with Crippen molar-refractivity contribution in [2.75, 3.05) is 30.9 Å². The summed E-state index contributed by atoms with van der Waals surface area (Å²) in [5.41, 5.74) is 4.04. The fraction of sp³-hybridized carbons (Fsp3) is 0.300. The summed E-state index contributed by atoms with van der Waals surface area (Å²) in [7, 11) is 3.98. The van der Waals surface area contributed by atoms with Crippen LogP contribution in [0, 0.1) is 0 Å². The van der Waals surface area contributed by atoms with Crippen LogP contribution in [0.25, 0.3) is 0 Å². The second-order valence-electron chi connectivity index (χ2n) is 6.07. The minimum absolute atomic E-state index is 0.419. The summed E-state index contributed by atoms with van der Waals surface area (Å²) >= 11 is 0. The zero-order valence-electron chi connectivity index (χ0n) is 15.0. The van der Waals surface area contributed by atoms with Gasteiger partial charge >= 0.3 is 11.8 Å². The zero-order chi connectivity index (χ0) is 18.2. The second-order valence-corrected chi connectivity index (χ2v) is 6.07. The standard InChI is InChI=1S/C20H25N3O2/c1-4-15-5-9-17(10-6-15)22-20(25)19(24)21-14-13-16-7-11-18(12-8-16)23(2)3/h5-12H,4,13-14H2,1-3H3,(H,21,24)(H,22,25). The number of benzene rings is 2. The highest BCUT2D eigenvalue weighted by Gasteiger charge is 2.12. The Morgan fingerprint density at radius 1 is 0.880 bits per heavy atom. The van der Waals surface area contributed by atoms with Gasteiger partial charge in [-0.2, -0.15) is 0 Å². The van der Waals surface area contributed by atoms with Gasteiger partial charge in [0, 0.05) is 32.0 Å². The van der Waals surface area contributed by atoms with Gasteiger partial charge in [0.05, 0.1) is 0 Å². The van der Waals surface area contributed by atoms with E-state index in [1.807, 2.05) is 55.4 Å². The molecule has 2 rings (SSSR count).